The Hall–Kier alpha value is -1.89. The van der Waals surface area contributed by atoms with E-state index in [-0.39, 0.29) is 11.4 Å². The van der Waals surface area contributed by atoms with Gasteiger partial charge >= 0.3 is 0 Å². The number of amides is 1. The van der Waals surface area contributed by atoms with Gasteiger partial charge in [-0.05, 0) is 33.4 Å². The van der Waals surface area contributed by atoms with Crippen LogP contribution in [0.15, 0.2) is 12.4 Å². The fourth-order valence-corrected chi connectivity index (χ4v) is 3.53. The zero-order valence-corrected chi connectivity index (χ0v) is 15.2. The molecule has 1 aromatic rings. The van der Waals surface area contributed by atoms with Gasteiger partial charge in [-0.3, -0.25) is 4.79 Å². The number of carbonyl (C=O) groups excluding carboxylic acids is 1. The average Bonchev–Trinajstić information content (AvgIpc) is 2.53. The first-order valence-corrected chi connectivity index (χ1v) is 8.61. The summed E-state index contributed by atoms with van der Waals surface area (Å²) in [5, 5.41) is 0. The number of hydrogen-bond acceptors (Lipinski definition) is 6. The summed E-state index contributed by atoms with van der Waals surface area (Å²) in [6.07, 6.45) is 5.36. The smallest absolute Gasteiger partial charge is 0.241 e. The number of likely N-dealkylation sites (N-methyl/N-ethyl adjacent to an activating group) is 3. The normalized spacial score (nSPS) is 20.3. The standard InChI is InChI=1S/C17H28N6O/c1-20(2)17(6-5-7-17)12-22(4)14-10-15(19-13-18-14)23-9-8-21(3)16(24)11-23/h10,13H,5-9,11-12H2,1-4H3. The van der Waals surface area contributed by atoms with Crippen LogP contribution in [0.4, 0.5) is 11.6 Å². The molecule has 132 valence electrons. The molecular formula is C17H28N6O. The fraction of sp³-hybridized carbons (Fsp3) is 0.706. The molecule has 2 heterocycles. The largest absolute Gasteiger partial charge is 0.358 e. The Kier molecular flexibility index (Phi) is 4.62. The van der Waals surface area contributed by atoms with Crippen molar-refractivity contribution in [2.75, 3.05) is 64.2 Å². The van der Waals surface area contributed by atoms with Crippen molar-refractivity contribution >= 4 is 17.5 Å². The van der Waals surface area contributed by atoms with E-state index in [9.17, 15) is 4.79 Å². The second-order valence-corrected chi connectivity index (χ2v) is 7.30. The quantitative estimate of drug-likeness (QED) is 0.790. The molecule has 1 aromatic heterocycles. The number of rotatable bonds is 5. The molecule has 1 saturated heterocycles. The lowest BCUT2D eigenvalue weighted by molar-refractivity contribution is -0.129. The van der Waals surface area contributed by atoms with Gasteiger partial charge in [0, 0.05) is 45.3 Å². The third-order valence-corrected chi connectivity index (χ3v) is 5.57. The van der Waals surface area contributed by atoms with Crippen LogP contribution in [-0.4, -0.2) is 85.6 Å². The van der Waals surface area contributed by atoms with E-state index in [0.717, 1.165) is 31.3 Å². The van der Waals surface area contributed by atoms with Crippen molar-refractivity contribution in [1.82, 2.24) is 19.8 Å². The predicted molar refractivity (Wildman–Crippen MR) is 95.4 cm³/mol. The van der Waals surface area contributed by atoms with Crippen LogP contribution >= 0.6 is 0 Å². The molecule has 0 aromatic carbocycles. The highest BCUT2D eigenvalue weighted by molar-refractivity contribution is 5.82. The minimum Gasteiger partial charge on any atom is -0.358 e. The Morgan fingerprint density at radius 2 is 1.96 bits per heavy atom. The maximum atomic E-state index is 11.9. The first-order valence-electron chi connectivity index (χ1n) is 8.61. The third kappa shape index (κ3) is 3.17. The van der Waals surface area contributed by atoms with Gasteiger partial charge in [-0.25, -0.2) is 9.97 Å². The average molecular weight is 332 g/mol. The summed E-state index contributed by atoms with van der Waals surface area (Å²) in [7, 11) is 8.26. The molecule has 1 amide bonds. The third-order valence-electron chi connectivity index (χ3n) is 5.57. The van der Waals surface area contributed by atoms with E-state index in [4.69, 9.17) is 0 Å². The summed E-state index contributed by atoms with van der Waals surface area (Å²) >= 11 is 0. The molecule has 3 rings (SSSR count). The zero-order valence-electron chi connectivity index (χ0n) is 15.2. The summed E-state index contributed by atoms with van der Waals surface area (Å²) in [5.74, 6) is 1.89. The Morgan fingerprint density at radius 1 is 1.21 bits per heavy atom. The van der Waals surface area contributed by atoms with Crippen molar-refractivity contribution in [3.8, 4) is 0 Å². The maximum Gasteiger partial charge on any atom is 0.241 e. The molecule has 1 aliphatic carbocycles. The lowest BCUT2D eigenvalue weighted by Crippen LogP contribution is -2.56. The Labute approximate surface area is 144 Å². The molecule has 24 heavy (non-hydrogen) atoms. The number of nitrogens with zero attached hydrogens (tertiary/aromatic N) is 6. The summed E-state index contributed by atoms with van der Waals surface area (Å²) in [6, 6.07) is 2.00. The van der Waals surface area contributed by atoms with Crippen LogP contribution in [0.5, 0.6) is 0 Å². The molecule has 0 N–H and O–H groups in total. The second-order valence-electron chi connectivity index (χ2n) is 7.30. The van der Waals surface area contributed by atoms with Crippen LogP contribution < -0.4 is 9.80 Å². The molecule has 0 radical (unpaired) electrons. The Bertz CT molecular complexity index is 600. The molecule has 0 spiro atoms. The Morgan fingerprint density at radius 3 is 2.54 bits per heavy atom. The first-order chi connectivity index (χ1) is 11.4. The van der Waals surface area contributed by atoms with Gasteiger partial charge < -0.3 is 19.6 Å². The summed E-state index contributed by atoms with van der Waals surface area (Å²) in [6.45, 7) is 2.89. The van der Waals surface area contributed by atoms with E-state index < -0.39 is 0 Å². The lowest BCUT2D eigenvalue weighted by Gasteiger charge is -2.49. The second kappa shape index (κ2) is 6.55. The van der Waals surface area contributed by atoms with Crippen LogP contribution in [0.1, 0.15) is 19.3 Å². The highest BCUT2D eigenvalue weighted by atomic mass is 16.2. The number of carbonyl (C=O) groups is 1. The van der Waals surface area contributed by atoms with E-state index >= 15 is 0 Å². The minimum absolute atomic E-state index is 0.135. The van der Waals surface area contributed by atoms with E-state index in [2.05, 4.69) is 40.9 Å². The van der Waals surface area contributed by atoms with Crippen molar-refractivity contribution in [3.05, 3.63) is 12.4 Å². The van der Waals surface area contributed by atoms with Crippen molar-refractivity contribution in [2.45, 2.75) is 24.8 Å². The number of anilines is 2. The van der Waals surface area contributed by atoms with Crippen LogP contribution in [0.25, 0.3) is 0 Å². The monoisotopic (exact) mass is 332 g/mol. The van der Waals surface area contributed by atoms with Gasteiger partial charge in [0.25, 0.3) is 0 Å². The molecule has 0 unspecified atom stereocenters. The van der Waals surface area contributed by atoms with Gasteiger partial charge in [0.05, 0.1) is 6.54 Å². The maximum absolute atomic E-state index is 11.9. The van der Waals surface area contributed by atoms with Gasteiger partial charge in [0.1, 0.15) is 18.0 Å². The Balaban J connectivity index is 1.72. The molecule has 7 heteroatoms. The van der Waals surface area contributed by atoms with Crippen molar-refractivity contribution < 1.29 is 4.79 Å². The van der Waals surface area contributed by atoms with Gasteiger partial charge in [-0.15, -0.1) is 0 Å². The zero-order chi connectivity index (χ0) is 17.3. The van der Waals surface area contributed by atoms with Crippen LogP contribution in [0.2, 0.25) is 0 Å². The number of aromatic nitrogens is 2. The molecule has 1 aliphatic heterocycles. The SMILES string of the molecule is CN1CCN(c2cc(N(C)CC3(N(C)C)CCC3)ncn2)CC1=O. The molecule has 7 nitrogen and oxygen atoms in total. The minimum atomic E-state index is 0.135. The fourth-order valence-electron chi connectivity index (χ4n) is 3.53. The van der Waals surface area contributed by atoms with Crippen LogP contribution in [0, 0.1) is 0 Å². The summed E-state index contributed by atoms with van der Waals surface area (Å²) < 4.78 is 0. The highest BCUT2D eigenvalue weighted by Gasteiger charge is 2.40. The van der Waals surface area contributed by atoms with Gasteiger partial charge in [0.2, 0.25) is 5.91 Å². The van der Waals surface area contributed by atoms with Crippen LogP contribution in [0.3, 0.4) is 0 Å². The van der Waals surface area contributed by atoms with Gasteiger partial charge in [-0.1, -0.05) is 0 Å². The van der Waals surface area contributed by atoms with E-state index in [1.165, 1.54) is 19.3 Å². The number of piperazine rings is 1. The summed E-state index contributed by atoms with van der Waals surface area (Å²) in [5.41, 5.74) is 0.254. The van der Waals surface area contributed by atoms with E-state index in [1.54, 1.807) is 11.2 Å². The van der Waals surface area contributed by atoms with Crippen molar-refractivity contribution in [2.24, 2.45) is 0 Å². The van der Waals surface area contributed by atoms with Gasteiger partial charge in [-0.2, -0.15) is 0 Å². The molecule has 0 bridgehead atoms. The predicted octanol–water partition coefficient (Wildman–Crippen LogP) is 0.676. The first kappa shape index (κ1) is 17.0. The molecule has 0 atom stereocenters. The molecule has 2 fully saturated rings. The van der Waals surface area contributed by atoms with E-state index in [1.807, 2.05) is 18.0 Å². The van der Waals surface area contributed by atoms with Crippen molar-refractivity contribution in [3.63, 3.8) is 0 Å². The van der Waals surface area contributed by atoms with Crippen molar-refractivity contribution in [1.29, 1.82) is 0 Å². The number of hydrogen-bond donors (Lipinski definition) is 0. The highest BCUT2D eigenvalue weighted by Crippen LogP contribution is 2.37. The molecule has 2 aliphatic rings. The summed E-state index contributed by atoms with van der Waals surface area (Å²) in [4.78, 5) is 29.1. The van der Waals surface area contributed by atoms with Crippen LogP contribution in [-0.2, 0) is 4.79 Å². The topological polar surface area (TPSA) is 55.8 Å². The molecular weight excluding hydrogens is 304 g/mol. The lowest BCUT2D eigenvalue weighted by atomic mass is 9.75. The van der Waals surface area contributed by atoms with Gasteiger partial charge in [0.15, 0.2) is 0 Å². The van der Waals surface area contributed by atoms with E-state index in [0.29, 0.717) is 6.54 Å². The molecule has 1 saturated carbocycles.